The topological polar surface area (TPSA) is 9.23 Å². The summed E-state index contributed by atoms with van der Waals surface area (Å²) in [4.78, 5) is 0.409. The van der Waals surface area contributed by atoms with Crippen LogP contribution in [-0.4, -0.2) is 22.4 Å². The molecule has 0 amide bonds. The average molecular weight is 332 g/mol. The van der Waals surface area contributed by atoms with E-state index in [2.05, 4.69) is 40.9 Å². The number of terminal acetylenes is 1. The molecule has 1 heterocycles. The standard InChI is InChI=1S/C15H20BrClO/c1-3-5-6-7-8-9-10-14-13(17)11-15(18-14)12(16)4-2/h1,5-6,8-9,12-15H,4,7,10-11H2,2H3/b6-5+,9-8-/t12-,13-,14-,15-/m1/s1. The molecule has 4 atom stereocenters. The van der Waals surface area contributed by atoms with E-state index < -0.39 is 0 Å². The molecular formula is C15H20BrClO. The first kappa shape index (κ1) is 15.8. The van der Waals surface area contributed by atoms with Crippen LogP contribution >= 0.6 is 27.5 Å². The SMILES string of the molecule is C#C/C=C/C/C=C\C[C@H]1O[C@@H]([C@H](Br)CC)C[C@H]1Cl. The second-order valence-corrected chi connectivity index (χ2v) is 6.14. The summed E-state index contributed by atoms with van der Waals surface area (Å²) < 4.78 is 5.97. The molecule has 0 aliphatic carbocycles. The fraction of sp³-hybridized carbons (Fsp3) is 0.600. The maximum Gasteiger partial charge on any atom is 0.0778 e. The van der Waals surface area contributed by atoms with E-state index in [9.17, 15) is 0 Å². The molecule has 0 unspecified atom stereocenters. The van der Waals surface area contributed by atoms with E-state index in [-0.39, 0.29) is 17.6 Å². The van der Waals surface area contributed by atoms with Gasteiger partial charge in [0.05, 0.1) is 17.6 Å². The van der Waals surface area contributed by atoms with E-state index in [1.807, 2.05) is 6.08 Å². The first-order chi connectivity index (χ1) is 8.69. The van der Waals surface area contributed by atoms with Gasteiger partial charge in [0.15, 0.2) is 0 Å². The Morgan fingerprint density at radius 2 is 2.28 bits per heavy atom. The Hall–Kier alpha value is -0.230. The molecule has 1 nitrogen and oxygen atoms in total. The Bertz CT molecular complexity index is 332. The van der Waals surface area contributed by atoms with Crippen molar-refractivity contribution >= 4 is 27.5 Å². The summed E-state index contributed by atoms with van der Waals surface area (Å²) in [5.41, 5.74) is 0. The molecule has 0 aromatic heterocycles. The van der Waals surface area contributed by atoms with Gasteiger partial charge >= 0.3 is 0 Å². The number of ether oxygens (including phenoxy) is 1. The van der Waals surface area contributed by atoms with Crippen LogP contribution in [0.25, 0.3) is 0 Å². The van der Waals surface area contributed by atoms with Crippen molar-refractivity contribution in [2.45, 2.75) is 55.0 Å². The van der Waals surface area contributed by atoms with Gasteiger partial charge in [0, 0.05) is 4.83 Å². The molecule has 1 fully saturated rings. The molecule has 0 bridgehead atoms. The van der Waals surface area contributed by atoms with E-state index in [4.69, 9.17) is 22.8 Å². The summed E-state index contributed by atoms with van der Waals surface area (Å²) in [6, 6.07) is 0. The van der Waals surface area contributed by atoms with E-state index in [1.165, 1.54) is 0 Å². The highest BCUT2D eigenvalue weighted by molar-refractivity contribution is 9.09. The van der Waals surface area contributed by atoms with Gasteiger partial charge in [-0.2, -0.15) is 0 Å². The Balaban J connectivity index is 2.31. The van der Waals surface area contributed by atoms with Gasteiger partial charge < -0.3 is 4.74 Å². The number of alkyl halides is 2. The molecule has 0 spiro atoms. The van der Waals surface area contributed by atoms with E-state index in [1.54, 1.807) is 6.08 Å². The minimum atomic E-state index is 0.118. The predicted octanol–water partition coefficient (Wildman–Crippen LogP) is 4.45. The predicted molar refractivity (Wildman–Crippen MR) is 82.3 cm³/mol. The molecule has 0 N–H and O–H groups in total. The van der Waals surface area contributed by atoms with Crippen LogP contribution in [0.1, 0.15) is 32.6 Å². The largest absolute Gasteiger partial charge is 0.372 e. The van der Waals surface area contributed by atoms with Gasteiger partial charge in [-0.05, 0) is 31.8 Å². The van der Waals surface area contributed by atoms with Crippen LogP contribution in [0.3, 0.4) is 0 Å². The highest BCUT2D eigenvalue weighted by atomic mass is 79.9. The van der Waals surface area contributed by atoms with E-state index >= 15 is 0 Å². The van der Waals surface area contributed by atoms with Crippen molar-refractivity contribution in [1.29, 1.82) is 0 Å². The van der Waals surface area contributed by atoms with E-state index in [0.29, 0.717) is 4.83 Å². The summed E-state index contributed by atoms with van der Waals surface area (Å²) in [5.74, 6) is 2.47. The zero-order chi connectivity index (χ0) is 13.4. The molecule has 3 heteroatoms. The lowest BCUT2D eigenvalue weighted by Crippen LogP contribution is -2.20. The van der Waals surface area contributed by atoms with Crippen molar-refractivity contribution in [3.8, 4) is 12.3 Å². The van der Waals surface area contributed by atoms with Gasteiger partial charge in [-0.1, -0.05) is 47.0 Å². The minimum Gasteiger partial charge on any atom is -0.372 e. The molecular weight excluding hydrogens is 312 g/mol. The van der Waals surface area contributed by atoms with Crippen molar-refractivity contribution in [3.63, 3.8) is 0 Å². The summed E-state index contributed by atoms with van der Waals surface area (Å²) in [5, 5.41) is 0.118. The van der Waals surface area contributed by atoms with Gasteiger partial charge in [0.2, 0.25) is 0 Å². The van der Waals surface area contributed by atoms with Crippen molar-refractivity contribution in [2.24, 2.45) is 0 Å². The number of allylic oxidation sites excluding steroid dienone is 3. The quantitative estimate of drug-likeness (QED) is 0.397. The maximum absolute atomic E-state index is 6.32. The lowest BCUT2D eigenvalue weighted by Gasteiger charge is -2.16. The highest BCUT2D eigenvalue weighted by Crippen LogP contribution is 2.32. The molecule has 0 saturated carbocycles. The van der Waals surface area contributed by atoms with Crippen molar-refractivity contribution in [3.05, 3.63) is 24.3 Å². The summed E-state index contributed by atoms with van der Waals surface area (Å²) in [7, 11) is 0. The lowest BCUT2D eigenvalue weighted by atomic mass is 10.1. The molecule has 18 heavy (non-hydrogen) atoms. The minimum absolute atomic E-state index is 0.118. The van der Waals surface area contributed by atoms with Crippen molar-refractivity contribution in [1.82, 2.24) is 0 Å². The molecule has 1 aliphatic heterocycles. The van der Waals surface area contributed by atoms with Gasteiger partial charge in [0.1, 0.15) is 0 Å². The first-order valence-electron chi connectivity index (χ1n) is 6.38. The second kappa shape index (κ2) is 8.80. The molecule has 1 aliphatic rings. The molecule has 0 aromatic rings. The Labute approximate surface area is 124 Å². The lowest BCUT2D eigenvalue weighted by molar-refractivity contribution is 0.0472. The highest BCUT2D eigenvalue weighted by Gasteiger charge is 2.35. The Morgan fingerprint density at radius 1 is 1.50 bits per heavy atom. The molecule has 100 valence electrons. The summed E-state index contributed by atoms with van der Waals surface area (Å²) in [6.45, 7) is 2.15. The van der Waals surface area contributed by atoms with Gasteiger partial charge in [-0.15, -0.1) is 18.0 Å². The smallest absolute Gasteiger partial charge is 0.0778 e. The first-order valence-corrected chi connectivity index (χ1v) is 7.74. The third-order valence-electron chi connectivity index (χ3n) is 3.03. The monoisotopic (exact) mass is 330 g/mol. The average Bonchev–Trinajstić information content (AvgIpc) is 2.74. The van der Waals surface area contributed by atoms with Gasteiger partial charge in [-0.25, -0.2) is 0 Å². The normalized spacial score (nSPS) is 30.0. The molecule has 1 rings (SSSR count). The molecule has 1 saturated heterocycles. The van der Waals surface area contributed by atoms with Crippen molar-refractivity contribution in [2.75, 3.05) is 0 Å². The molecule has 0 radical (unpaired) electrons. The maximum atomic E-state index is 6.32. The summed E-state index contributed by atoms with van der Waals surface area (Å²) >= 11 is 9.96. The van der Waals surface area contributed by atoms with Crippen LogP contribution in [0.5, 0.6) is 0 Å². The van der Waals surface area contributed by atoms with Crippen LogP contribution in [0.4, 0.5) is 0 Å². The molecule has 0 aromatic carbocycles. The van der Waals surface area contributed by atoms with Crippen LogP contribution in [0, 0.1) is 12.3 Å². The summed E-state index contributed by atoms with van der Waals surface area (Å²) in [6.07, 6.45) is 17.1. The third kappa shape index (κ3) is 5.18. The zero-order valence-electron chi connectivity index (χ0n) is 10.7. The van der Waals surface area contributed by atoms with E-state index in [0.717, 1.165) is 25.7 Å². The Kier molecular flexibility index (Phi) is 7.74. The van der Waals surface area contributed by atoms with Crippen LogP contribution in [0.15, 0.2) is 24.3 Å². The number of rotatable bonds is 6. The van der Waals surface area contributed by atoms with Crippen LogP contribution in [-0.2, 0) is 4.74 Å². The number of hydrogen-bond donors (Lipinski definition) is 0. The fourth-order valence-electron chi connectivity index (χ4n) is 1.98. The number of halogens is 2. The van der Waals surface area contributed by atoms with Crippen LogP contribution < -0.4 is 0 Å². The van der Waals surface area contributed by atoms with Crippen LogP contribution in [0.2, 0.25) is 0 Å². The second-order valence-electron chi connectivity index (χ2n) is 4.40. The van der Waals surface area contributed by atoms with Crippen molar-refractivity contribution < 1.29 is 4.74 Å². The Morgan fingerprint density at radius 3 is 2.94 bits per heavy atom. The third-order valence-corrected chi connectivity index (χ3v) is 4.72. The fourth-order valence-corrected chi connectivity index (χ4v) is 2.66. The van der Waals surface area contributed by atoms with Gasteiger partial charge in [-0.3, -0.25) is 0 Å². The number of hydrogen-bond acceptors (Lipinski definition) is 1. The van der Waals surface area contributed by atoms with Gasteiger partial charge in [0.25, 0.3) is 0 Å². The zero-order valence-corrected chi connectivity index (χ0v) is 13.0.